The zero-order valence-corrected chi connectivity index (χ0v) is 11.7. The topological polar surface area (TPSA) is 56.6 Å². The molecular formula is C15H19N3O2. The van der Waals surface area contributed by atoms with E-state index in [0.29, 0.717) is 12.1 Å². The van der Waals surface area contributed by atoms with Gasteiger partial charge in [-0.05, 0) is 17.7 Å². The first kappa shape index (κ1) is 14.5. The Bertz CT molecular complexity index is 485. The van der Waals surface area contributed by atoms with Gasteiger partial charge >= 0.3 is 5.97 Å². The molecule has 0 saturated carbocycles. The normalized spacial score (nSPS) is 16.6. The van der Waals surface area contributed by atoms with Gasteiger partial charge in [-0.3, -0.25) is 9.80 Å². The van der Waals surface area contributed by atoms with E-state index in [2.05, 4.69) is 20.6 Å². The molecule has 0 bridgehead atoms. The first-order chi connectivity index (χ1) is 9.72. The summed E-state index contributed by atoms with van der Waals surface area (Å²) in [4.78, 5) is 15.9. The van der Waals surface area contributed by atoms with Crippen molar-refractivity contribution in [2.45, 2.75) is 6.54 Å². The highest BCUT2D eigenvalue weighted by molar-refractivity contribution is 5.89. The summed E-state index contributed by atoms with van der Waals surface area (Å²) in [5, 5.41) is 8.67. The average molecular weight is 273 g/mol. The molecule has 0 unspecified atom stereocenters. The van der Waals surface area contributed by atoms with Crippen molar-refractivity contribution in [3.8, 4) is 6.07 Å². The van der Waals surface area contributed by atoms with Crippen molar-refractivity contribution in [3.05, 3.63) is 35.4 Å². The van der Waals surface area contributed by atoms with Gasteiger partial charge in [0.1, 0.15) is 0 Å². The number of piperazine rings is 1. The van der Waals surface area contributed by atoms with Gasteiger partial charge in [-0.1, -0.05) is 12.1 Å². The van der Waals surface area contributed by atoms with Crippen molar-refractivity contribution < 1.29 is 9.53 Å². The second kappa shape index (κ2) is 7.04. The molecule has 1 aromatic rings. The number of esters is 1. The maximum atomic E-state index is 11.3. The van der Waals surface area contributed by atoms with E-state index in [1.165, 1.54) is 12.7 Å². The maximum absolute atomic E-state index is 11.3. The minimum Gasteiger partial charge on any atom is -0.465 e. The van der Waals surface area contributed by atoms with Gasteiger partial charge in [-0.25, -0.2) is 4.79 Å². The standard InChI is InChI=1S/C15H19N3O2/c1-20-15(19)14-4-2-13(3-5-14)12-18-10-8-17(7-6-16)9-11-18/h2-5H,7-12H2,1H3. The molecule has 0 aromatic heterocycles. The smallest absolute Gasteiger partial charge is 0.337 e. The number of nitrogens with zero attached hydrogens (tertiary/aromatic N) is 3. The molecule has 1 fully saturated rings. The lowest BCUT2D eigenvalue weighted by Crippen LogP contribution is -2.45. The van der Waals surface area contributed by atoms with Crippen LogP contribution >= 0.6 is 0 Å². The largest absolute Gasteiger partial charge is 0.465 e. The third-order valence-corrected chi connectivity index (χ3v) is 3.54. The van der Waals surface area contributed by atoms with Crippen LogP contribution in [0.15, 0.2) is 24.3 Å². The Morgan fingerprint density at radius 1 is 1.20 bits per heavy atom. The van der Waals surface area contributed by atoms with E-state index < -0.39 is 0 Å². The monoisotopic (exact) mass is 273 g/mol. The maximum Gasteiger partial charge on any atom is 0.337 e. The average Bonchev–Trinajstić information content (AvgIpc) is 2.49. The summed E-state index contributed by atoms with van der Waals surface area (Å²) in [6.45, 7) is 5.21. The van der Waals surface area contributed by atoms with Crippen molar-refractivity contribution in [2.75, 3.05) is 39.8 Å². The van der Waals surface area contributed by atoms with Crippen LogP contribution in [-0.2, 0) is 11.3 Å². The number of benzene rings is 1. The molecule has 1 heterocycles. The first-order valence-electron chi connectivity index (χ1n) is 6.72. The highest BCUT2D eigenvalue weighted by Crippen LogP contribution is 2.10. The molecule has 0 spiro atoms. The van der Waals surface area contributed by atoms with Crippen LogP contribution < -0.4 is 0 Å². The molecule has 5 nitrogen and oxygen atoms in total. The predicted molar refractivity (Wildman–Crippen MR) is 75.1 cm³/mol. The molecule has 0 N–H and O–H groups in total. The van der Waals surface area contributed by atoms with E-state index in [1.807, 2.05) is 12.1 Å². The van der Waals surface area contributed by atoms with Gasteiger partial charge in [0.2, 0.25) is 0 Å². The summed E-state index contributed by atoms with van der Waals surface area (Å²) >= 11 is 0. The van der Waals surface area contributed by atoms with E-state index in [4.69, 9.17) is 5.26 Å². The summed E-state index contributed by atoms with van der Waals surface area (Å²) in [6, 6.07) is 9.72. The molecule has 1 aromatic carbocycles. The van der Waals surface area contributed by atoms with Crippen molar-refractivity contribution in [1.29, 1.82) is 5.26 Å². The third-order valence-electron chi connectivity index (χ3n) is 3.54. The molecule has 1 saturated heterocycles. The lowest BCUT2D eigenvalue weighted by molar-refractivity contribution is 0.0600. The third kappa shape index (κ3) is 3.80. The van der Waals surface area contributed by atoms with Gasteiger partial charge in [0.25, 0.3) is 0 Å². The van der Waals surface area contributed by atoms with Crippen molar-refractivity contribution in [3.63, 3.8) is 0 Å². The number of hydrogen-bond donors (Lipinski definition) is 0. The highest BCUT2D eigenvalue weighted by Gasteiger charge is 2.16. The minimum absolute atomic E-state index is 0.304. The Morgan fingerprint density at radius 3 is 2.35 bits per heavy atom. The molecule has 106 valence electrons. The Balaban J connectivity index is 1.85. The van der Waals surface area contributed by atoms with E-state index in [0.717, 1.165) is 32.7 Å². The molecule has 5 heteroatoms. The fourth-order valence-corrected chi connectivity index (χ4v) is 2.33. The zero-order valence-electron chi connectivity index (χ0n) is 11.7. The number of hydrogen-bond acceptors (Lipinski definition) is 5. The summed E-state index contributed by atoms with van der Waals surface area (Å²) in [6.07, 6.45) is 0. The molecule has 20 heavy (non-hydrogen) atoms. The Hall–Kier alpha value is -1.90. The van der Waals surface area contributed by atoms with Gasteiger partial charge in [0, 0.05) is 32.7 Å². The SMILES string of the molecule is COC(=O)c1ccc(CN2CCN(CC#N)CC2)cc1. The van der Waals surface area contributed by atoms with Crippen LogP contribution in [0.3, 0.4) is 0 Å². The number of rotatable bonds is 4. The molecule has 0 radical (unpaired) electrons. The number of carbonyl (C=O) groups is 1. The lowest BCUT2D eigenvalue weighted by Gasteiger charge is -2.33. The highest BCUT2D eigenvalue weighted by atomic mass is 16.5. The van der Waals surface area contributed by atoms with E-state index in [-0.39, 0.29) is 5.97 Å². The fraction of sp³-hybridized carbons (Fsp3) is 0.467. The van der Waals surface area contributed by atoms with Crippen molar-refractivity contribution in [1.82, 2.24) is 9.80 Å². The van der Waals surface area contributed by atoms with Crippen molar-refractivity contribution in [2.24, 2.45) is 0 Å². The van der Waals surface area contributed by atoms with Crippen LogP contribution in [0.4, 0.5) is 0 Å². The molecule has 0 amide bonds. The van der Waals surface area contributed by atoms with Crippen LogP contribution in [0.1, 0.15) is 15.9 Å². The Labute approximate surface area is 119 Å². The second-order valence-corrected chi connectivity index (χ2v) is 4.90. The first-order valence-corrected chi connectivity index (χ1v) is 6.72. The lowest BCUT2D eigenvalue weighted by atomic mass is 10.1. The van der Waals surface area contributed by atoms with E-state index >= 15 is 0 Å². The number of methoxy groups -OCH3 is 1. The van der Waals surface area contributed by atoms with Gasteiger partial charge in [0.05, 0.1) is 25.3 Å². The van der Waals surface area contributed by atoms with E-state index in [9.17, 15) is 4.79 Å². The van der Waals surface area contributed by atoms with Crippen LogP contribution in [0.2, 0.25) is 0 Å². The molecule has 1 aliphatic rings. The molecule has 0 atom stereocenters. The summed E-state index contributed by atoms with van der Waals surface area (Å²) in [5.74, 6) is -0.304. The van der Waals surface area contributed by atoms with Crippen LogP contribution in [0.25, 0.3) is 0 Å². The quantitative estimate of drug-likeness (QED) is 0.607. The Kier molecular flexibility index (Phi) is 5.10. The van der Waals surface area contributed by atoms with Crippen molar-refractivity contribution >= 4 is 5.97 Å². The molecule has 1 aliphatic heterocycles. The summed E-state index contributed by atoms with van der Waals surface area (Å²) < 4.78 is 4.68. The predicted octanol–water partition coefficient (Wildman–Crippen LogP) is 1.11. The van der Waals surface area contributed by atoms with Crippen LogP contribution in [0, 0.1) is 11.3 Å². The van der Waals surface area contributed by atoms with Crippen LogP contribution in [0.5, 0.6) is 0 Å². The number of carbonyl (C=O) groups excluding carboxylic acids is 1. The number of nitriles is 1. The van der Waals surface area contributed by atoms with Gasteiger partial charge in [0.15, 0.2) is 0 Å². The van der Waals surface area contributed by atoms with Crippen LogP contribution in [-0.4, -0.2) is 55.6 Å². The van der Waals surface area contributed by atoms with Gasteiger partial charge < -0.3 is 4.74 Å². The summed E-state index contributed by atoms with van der Waals surface area (Å²) in [5.41, 5.74) is 1.77. The molecule has 0 aliphatic carbocycles. The van der Waals surface area contributed by atoms with Gasteiger partial charge in [-0.2, -0.15) is 5.26 Å². The number of ether oxygens (including phenoxy) is 1. The van der Waals surface area contributed by atoms with Gasteiger partial charge in [-0.15, -0.1) is 0 Å². The summed E-state index contributed by atoms with van der Waals surface area (Å²) in [7, 11) is 1.39. The second-order valence-electron chi connectivity index (χ2n) is 4.90. The minimum atomic E-state index is -0.304. The Morgan fingerprint density at radius 2 is 1.80 bits per heavy atom. The molecule has 2 rings (SSSR count). The van der Waals surface area contributed by atoms with E-state index in [1.54, 1.807) is 12.1 Å². The molecular weight excluding hydrogens is 254 g/mol. The zero-order chi connectivity index (χ0) is 14.4. The fourth-order valence-electron chi connectivity index (χ4n) is 2.33.